The molecule has 1 aromatic rings. The summed E-state index contributed by atoms with van der Waals surface area (Å²) in [5, 5.41) is 0. The summed E-state index contributed by atoms with van der Waals surface area (Å²) in [4.78, 5) is 11.5. The number of carbonyl (C=O) groups excluding carboxylic acids is 1. The third-order valence-electron chi connectivity index (χ3n) is 3.07. The zero-order valence-corrected chi connectivity index (χ0v) is 10.0. The van der Waals surface area contributed by atoms with Crippen molar-refractivity contribution in [1.29, 1.82) is 0 Å². The van der Waals surface area contributed by atoms with Crippen LogP contribution in [-0.4, -0.2) is 32.9 Å². The molecule has 0 saturated carbocycles. The van der Waals surface area contributed by atoms with Crippen molar-refractivity contribution in [3.05, 3.63) is 35.9 Å². The Morgan fingerprint density at radius 3 is 2.65 bits per heavy atom. The fourth-order valence-electron chi connectivity index (χ4n) is 2.29. The second kappa shape index (κ2) is 4.85. The molecule has 0 radical (unpaired) electrons. The standard InChI is InChI=1S/C13H16O4/c1-15-9-13(10-6-4-3-5-7-10)11(16-2)8-12(14)17-13/h3-7,11H,8-9H2,1-2H3/t11-,13-/m0/s1. The molecule has 92 valence electrons. The molecule has 4 heteroatoms. The van der Waals surface area contributed by atoms with Crippen LogP contribution in [0.3, 0.4) is 0 Å². The zero-order chi connectivity index (χ0) is 12.3. The average Bonchev–Trinajstić information content (AvgIpc) is 2.68. The van der Waals surface area contributed by atoms with Gasteiger partial charge in [0.1, 0.15) is 6.10 Å². The Labute approximate surface area is 100 Å². The van der Waals surface area contributed by atoms with Gasteiger partial charge in [0.05, 0.1) is 13.0 Å². The van der Waals surface area contributed by atoms with Crippen molar-refractivity contribution >= 4 is 5.97 Å². The van der Waals surface area contributed by atoms with Gasteiger partial charge in [-0.3, -0.25) is 4.79 Å². The molecule has 0 aromatic heterocycles. The molecule has 0 aliphatic carbocycles. The van der Waals surface area contributed by atoms with E-state index in [4.69, 9.17) is 14.2 Å². The predicted octanol–water partition coefficient (Wildman–Crippen LogP) is 1.49. The molecule has 2 atom stereocenters. The second-order valence-corrected chi connectivity index (χ2v) is 4.09. The van der Waals surface area contributed by atoms with Crippen molar-refractivity contribution in [2.24, 2.45) is 0 Å². The molecule has 1 aliphatic rings. The first-order valence-electron chi connectivity index (χ1n) is 5.52. The van der Waals surface area contributed by atoms with E-state index in [1.165, 1.54) is 0 Å². The summed E-state index contributed by atoms with van der Waals surface area (Å²) < 4.78 is 16.1. The fourth-order valence-corrected chi connectivity index (χ4v) is 2.29. The van der Waals surface area contributed by atoms with E-state index in [9.17, 15) is 4.79 Å². The lowest BCUT2D eigenvalue weighted by atomic mass is 9.89. The number of esters is 1. The van der Waals surface area contributed by atoms with E-state index in [2.05, 4.69) is 0 Å². The van der Waals surface area contributed by atoms with Crippen molar-refractivity contribution in [2.45, 2.75) is 18.1 Å². The van der Waals surface area contributed by atoms with E-state index in [0.29, 0.717) is 6.61 Å². The number of ether oxygens (including phenoxy) is 3. The molecule has 0 spiro atoms. The molecular formula is C13H16O4. The van der Waals surface area contributed by atoms with Crippen LogP contribution in [-0.2, 0) is 24.6 Å². The van der Waals surface area contributed by atoms with Crippen molar-refractivity contribution in [2.75, 3.05) is 20.8 Å². The third-order valence-corrected chi connectivity index (χ3v) is 3.07. The Bertz CT molecular complexity index is 390. The highest BCUT2D eigenvalue weighted by molar-refractivity contribution is 5.74. The summed E-state index contributed by atoms with van der Waals surface area (Å²) >= 11 is 0. The first-order valence-corrected chi connectivity index (χ1v) is 5.52. The highest BCUT2D eigenvalue weighted by Crippen LogP contribution is 2.38. The Morgan fingerprint density at radius 2 is 2.06 bits per heavy atom. The van der Waals surface area contributed by atoms with Crippen molar-refractivity contribution in [3.8, 4) is 0 Å². The molecule has 0 amide bonds. The van der Waals surface area contributed by atoms with Gasteiger partial charge >= 0.3 is 5.97 Å². The van der Waals surface area contributed by atoms with Gasteiger partial charge in [-0.25, -0.2) is 0 Å². The lowest BCUT2D eigenvalue weighted by Crippen LogP contribution is -2.41. The van der Waals surface area contributed by atoms with Gasteiger partial charge in [-0.15, -0.1) is 0 Å². The highest BCUT2D eigenvalue weighted by Gasteiger charge is 2.51. The van der Waals surface area contributed by atoms with Gasteiger partial charge in [-0.05, 0) is 0 Å². The van der Waals surface area contributed by atoms with E-state index < -0.39 is 5.60 Å². The van der Waals surface area contributed by atoms with Crippen LogP contribution in [0.4, 0.5) is 0 Å². The Morgan fingerprint density at radius 1 is 1.35 bits per heavy atom. The minimum Gasteiger partial charge on any atom is -0.449 e. The summed E-state index contributed by atoms with van der Waals surface area (Å²) in [6.45, 7) is 0.293. The van der Waals surface area contributed by atoms with E-state index in [-0.39, 0.29) is 18.5 Å². The van der Waals surface area contributed by atoms with Gasteiger partial charge in [0.2, 0.25) is 0 Å². The predicted molar refractivity (Wildman–Crippen MR) is 61.5 cm³/mol. The van der Waals surface area contributed by atoms with Gasteiger partial charge in [0.15, 0.2) is 5.60 Å². The van der Waals surface area contributed by atoms with Crippen molar-refractivity contribution in [3.63, 3.8) is 0 Å². The number of rotatable bonds is 4. The Kier molecular flexibility index (Phi) is 3.45. The Hall–Kier alpha value is -1.39. The number of benzene rings is 1. The maximum absolute atomic E-state index is 11.5. The van der Waals surface area contributed by atoms with Gasteiger partial charge in [0.25, 0.3) is 0 Å². The molecular weight excluding hydrogens is 220 g/mol. The summed E-state index contributed by atoms with van der Waals surface area (Å²) in [5.74, 6) is -0.252. The third kappa shape index (κ3) is 2.06. The van der Waals surface area contributed by atoms with E-state index >= 15 is 0 Å². The van der Waals surface area contributed by atoms with Gasteiger partial charge in [-0.1, -0.05) is 30.3 Å². The molecule has 1 saturated heterocycles. The number of carbonyl (C=O) groups is 1. The highest BCUT2D eigenvalue weighted by atomic mass is 16.6. The average molecular weight is 236 g/mol. The summed E-state index contributed by atoms with van der Waals surface area (Å²) in [5.41, 5.74) is 0.0847. The molecule has 17 heavy (non-hydrogen) atoms. The van der Waals surface area contributed by atoms with Crippen LogP contribution in [0.5, 0.6) is 0 Å². The van der Waals surface area contributed by atoms with Crippen LogP contribution in [0.25, 0.3) is 0 Å². The molecule has 4 nitrogen and oxygen atoms in total. The van der Waals surface area contributed by atoms with Crippen LogP contribution in [0.15, 0.2) is 30.3 Å². The topological polar surface area (TPSA) is 44.8 Å². The number of hydrogen-bond acceptors (Lipinski definition) is 4. The largest absolute Gasteiger partial charge is 0.449 e. The monoisotopic (exact) mass is 236 g/mol. The second-order valence-electron chi connectivity index (χ2n) is 4.09. The number of hydrogen-bond donors (Lipinski definition) is 0. The van der Waals surface area contributed by atoms with Crippen LogP contribution in [0.1, 0.15) is 12.0 Å². The van der Waals surface area contributed by atoms with Crippen molar-refractivity contribution < 1.29 is 19.0 Å². The molecule has 1 aromatic carbocycles. The fraction of sp³-hybridized carbons (Fsp3) is 0.462. The maximum atomic E-state index is 11.5. The molecule has 1 fully saturated rings. The van der Waals surface area contributed by atoms with Crippen LogP contribution < -0.4 is 0 Å². The molecule has 0 N–H and O–H groups in total. The smallest absolute Gasteiger partial charge is 0.309 e. The van der Waals surface area contributed by atoms with Crippen molar-refractivity contribution in [1.82, 2.24) is 0 Å². The molecule has 1 aliphatic heterocycles. The normalized spacial score (nSPS) is 28.1. The summed E-state index contributed by atoms with van der Waals surface area (Å²) in [7, 11) is 3.17. The summed E-state index contributed by atoms with van der Waals surface area (Å²) in [6.07, 6.45) is -0.0493. The van der Waals surface area contributed by atoms with E-state index in [1.807, 2.05) is 30.3 Å². The van der Waals surface area contributed by atoms with E-state index in [1.54, 1.807) is 14.2 Å². The SMILES string of the molecule is COC[C@@]1(c2ccccc2)OC(=O)C[C@@H]1OC. The van der Waals surface area contributed by atoms with Crippen LogP contribution in [0.2, 0.25) is 0 Å². The first-order chi connectivity index (χ1) is 8.23. The molecule has 0 bridgehead atoms. The number of cyclic esters (lactones) is 1. The minimum atomic E-state index is -0.818. The van der Waals surface area contributed by atoms with E-state index in [0.717, 1.165) is 5.56 Å². The maximum Gasteiger partial charge on any atom is 0.309 e. The number of methoxy groups -OCH3 is 2. The Balaban J connectivity index is 2.42. The zero-order valence-electron chi connectivity index (χ0n) is 10.0. The minimum absolute atomic E-state index is 0.252. The quantitative estimate of drug-likeness (QED) is 0.743. The van der Waals surface area contributed by atoms with Gasteiger partial charge in [-0.2, -0.15) is 0 Å². The van der Waals surface area contributed by atoms with Gasteiger partial charge < -0.3 is 14.2 Å². The summed E-state index contributed by atoms with van der Waals surface area (Å²) in [6, 6.07) is 9.58. The molecule has 0 unspecified atom stereocenters. The first kappa shape index (κ1) is 12.1. The van der Waals surface area contributed by atoms with Gasteiger partial charge in [0, 0.05) is 19.8 Å². The van der Waals surface area contributed by atoms with Crippen LogP contribution >= 0.6 is 0 Å². The molecule has 1 heterocycles. The lowest BCUT2D eigenvalue weighted by Gasteiger charge is -2.32. The molecule has 2 rings (SSSR count). The lowest BCUT2D eigenvalue weighted by molar-refractivity contribution is -0.160. The van der Waals surface area contributed by atoms with Crippen LogP contribution in [0, 0.1) is 0 Å².